The standard InChI is InChI=1S/C18H23N3O.HI/c1-21(2)18(20-15-16-9-5-3-6-10-16)19-13-14-22-17-11-7-4-8-12-17;/h3-12H,13-15H2,1-2H3,(H,19,20);1H. The summed E-state index contributed by atoms with van der Waals surface area (Å²) in [5.74, 6) is 1.75. The fourth-order valence-corrected chi connectivity index (χ4v) is 1.95. The summed E-state index contributed by atoms with van der Waals surface area (Å²) >= 11 is 0. The second kappa shape index (κ2) is 10.9. The Morgan fingerprint density at radius 2 is 1.61 bits per heavy atom. The van der Waals surface area contributed by atoms with Crippen molar-refractivity contribution in [3.05, 3.63) is 66.2 Å². The van der Waals surface area contributed by atoms with E-state index in [1.165, 1.54) is 5.56 Å². The third-order valence-electron chi connectivity index (χ3n) is 3.07. The average Bonchev–Trinajstić information content (AvgIpc) is 2.55. The van der Waals surface area contributed by atoms with E-state index in [0.29, 0.717) is 19.7 Å². The molecular formula is C18H24IN3O. The maximum Gasteiger partial charge on any atom is 0.193 e. The first-order chi connectivity index (χ1) is 10.8. The lowest BCUT2D eigenvalue weighted by molar-refractivity contribution is 0.320. The zero-order valence-corrected chi connectivity index (χ0v) is 15.9. The minimum Gasteiger partial charge on any atom is -0.492 e. The van der Waals surface area contributed by atoms with E-state index in [1.54, 1.807) is 0 Å². The largest absolute Gasteiger partial charge is 0.492 e. The maximum absolute atomic E-state index is 5.66. The van der Waals surface area contributed by atoms with Gasteiger partial charge < -0.3 is 15.0 Å². The third-order valence-corrected chi connectivity index (χ3v) is 3.07. The first-order valence-corrected chi connectivity index (χ1v) is 7.43. The number of ether oxygens (including phenoxy) is 1. The Hall–Kier alpha value is -1.76. The average molecular weight is 425 g/mol. The van der Waals surface area contributed by atoms with Gasteiger partial charge in [-0.2, -0.15) is 0 Å². The molecule has 0 aromatic heterocycles. The Kier molecular flexibility index (Phi) is 9.12. The Morgan fingerprint density at radius 1 is 1.00 bits per heavy atom. The molecule has 0 saturated carbocycles. The van der Waals surface area contributed by atoms with Crippen LogP contribution in [0.3, 0.4) is 0 Å². The Labute approximate surface area is 155 Å². The van der Waals surface area contributed by atoms with Crippen molar-refractivity contribution in [3.63, 3.8) is 0 Å². The number of benzene rings is 2. The molecule has 0 aliphatic heterocycles. The van der Waals surface area contributed by atoms with Crippen LogP contribution in [-0.2, 0) is 6.54 Å². The van der Waals surface area contributed by atoms with Crippen LogP contribution in [0.4, 0.5) is 0 Å². The summed E-state index contributed by atoms with van der Waals surface area (Å²) in [5.41, 5.74) is 1.20. The van der Waals surface area contributed by atoms with E-state index >= 15 is 0 Å². The lowest BCUT2D eigenvalue weighted by Crippen LogP contribution is -2.38. The minimum absolute atomic E-state index is 0. The lowest BCUT2D eigenvalue weighted by atomic mass is 10.2. The molecule has 0 radical (unpaired) electrons. The normalized spacial score (nSPS) is 10.6. The van der Waals surface area contributed by atoms with Crippen molar-refractivity contribution in [2.24, 2.45) is 4.99 Å². The van der Waals surface area contributed by atoms with Crippen LogP contribution in [0.15, 0.2) is 65.7 Å². The number of halogens is 1. The van der Waals surface area contributed by atoms with Gasteiger partial charge in [-0.3, -0.25) is 0 Å². The molecule has 0 saturated heterocycles. The van der Waals surface area contributed by atoms with Crippen LogP contribution in [0.2, 0.25) is 0 Å². The van der Waals surface area contributed by atoms with E-state index in [2.05, 4.69) is 22.4 Å². The van der Waals surface area contributed by atoms with Crippen molar-refractivity contribution in [1.29, 1.82) is 0 Å². The third kappa shape index (κ3) is 7.36. The summed E-state index contributed by atoms with van der Waals surface area (Å²) in [6.45, 7) is 1.98. The molecule has 0 aliphatic rings. The molecule has 4 nitrogen and oxygen atoms in total. The molecule has 0 bridgehead atoms. The summed E-state index contributed by atoms with van der Waals surface area (Å²) in [5, 5.41) is 3.31. The molecule has 23 heavy (non-hydrogen) atoms. The lowest BCUT2D eigenvalue weighted by Gasteiger charge is -2.18. The highest BCUT2D eigenvalue weighted by atomic mass is 127. The zero-order valence-electron chi connectivity index (χ0n) is 13.6. The molecule has 2 rings (SSSR count). The highest BCUT2D eigenvalue weighted by molar-refractivity contribution is 14.0. The molecule has 0 amide bonds. The van der Waals surface area contributed by atoms with Gasteiger partial charge in [0.1, 0.15) is 12.4 Å². The number of para-hydroxylation sites is 1. The van der Waals surface area contributed by atoms with Crippen LogP contribution < -0.4 is 10.1 Å². The first-order valence-electron chi connectivity index (χ1n) is 7.43. The molecule has 2 aromatic carbocycles. The molecule has 0 spiro atoms. The van der Waals surface area contributed by atoms with Crippen molar-refractivity contribution in [1.82, 2.24) is 10.2 Å². The fraction of sp³-hybridized carbons (Fsp3) is 0.278. The molecule has 2 aromatic rings. The van der Waals surface area contributed by atoms with Crippen molar-refractivity contribution >= 4 is 29.9 Å². The van der Waals surface area contributed by atoms with Gasteiger partial charge in [-0.15, -0.1) is 24.0 Å². The smallest absolute Gasteiger partial charge is 0.193 e. The molecule has 0 aliphatic carbocycles. The summed E-state index contributed by atoms with van der Waals surface area (Å²) in [4.78, 5) is 6.59. The Morgan fingerprint density at radius 3 is 2.22 bits per heavy atom. The molecule has 0 atom stereocenters. The molecule has 0 heterocycles. The van der Waals surface area contributed by atoms with Gasteiger partial charge >= 0.3 is 0 Å². The molecule has 0 fully saturated rings. The highest BCUT2D eigenvalue weighted by Crippen LogP contribution is 2.07. The number of hydrogen-bond acceptors (Lipinski definition) is 2. The second-order valence-electron chi connectivity index (χ2n) is 5.11. The van der Waals surface area contributed by atoms with Gasteiger partial charge in [-0.25, -0.2) is 4.99 Å². The predicted molar refractivity (Wildman–Crippen MR) is 107 cm³/mol. The maximum atomic E-state index is 5.66. The Bertz CT molecular complexity index is 573. The van der Waals surface area contributed by atoms with E-state index in [1.807, 2.05) is 67.5 Å². The van der Waals surface area contributed by atoms with Crippen LogP contribution in [0.5, 0.6) is 5.75 Å². The molecule has 5 heteroatoms. The summed E-state index contributed by atoms with van der Waals surface area (Å²) < 4.78 is 5.66. The van der Waals surface area contributed by atoms with Gasteiger partial charge in [-0.1, -0.05) is 48.5 Å². The van der Waals surface area contributed by atoms with E-state index in [4.69, 9.17) is 4.74 Å². The first kappa shape index (κ1) is 19.3. The van der Waals surface area contributed by atoms with Gasteiger partial charge in [-0.05, 0) is 17.7 Å². The molecule has 0 unspecified atom stereocenters. The highest BCUT2D eigenvalue weighted by Gasteiger charge is 2.01. The number of nitrogens with zero attached hydrogens (tertiary/aromatic N) is 2. The van der Waals surface area contributed by atoms with Crippen molar-refractivity contribution in [2.75, 3.05) is 27.2 Å². The van der Waals surface area contributed by atoms with Crippen LogP contribution in [0.25, 0.3) is 0 Å². The Balaban J connectivity index is 0.00000264. The molecule has 124 valence electrons. The summed E-state index contributed by atoms with van der Waals surface area (Å²) in [6.07, 6.45) is 0. The number of rotatable bonds is 6. The van der Waals surface area contributed by atoms with Gasteiger partial charge in [0.2, 0.25) is 0 Å². The monoisotopic (exact) mass is 425 g/mol. The SMILES string of the molecule is CN(C)C(=NCc1ccccc1)NCCOc1ccccc1.I. The number of nitrogens with one attached hydrogen (secondary N) is 1. The van der Waals surface area contributed by atoms with Crippen LogP contribution in [0.1, 0.15) is 5.56 Å². The van der Waals surface area contributed by atoms with Gasteiger partial charge in [0.25, 0.3) is 0 Å². The van der Waals surface area contributed by atoms with Crippen LogP contribution in [0, 0.1) is 0 Å². The summed E-state index contributed by atoms with van der Waals surface area (Å²) in [7, 11) is 3.96. The number of guanidine groups is 1. The minimum atomic E-state index is 0. The topological polar surface area (TPSA) is 36.9 Å². The van der Waals surface area contributed by atoms with E-state index < -0.39 is 0 Å². The van der Waals surface area contributed by atoms with Gasteiger partial charge in [0.05, 0.1) is 13.1 Å². The number of hydrogen-bond donors (Lipinski definition) is 1. The van der Waals surface area contributed by atoms with Crippen molar-refractivity contribution < 1.29 is 4.74 Å². The summed E-state index contributed by atoms with van der Waals surface area (Å²) in [6, 6.07) is 20.1. The van der Waals surface area contributed by atoms with E-state index in [0.717, 1.165) is 11.7 Å². The molecular weight excluding hydrogens is 401 g/mol. The fourth-order valence-electron chi connectivity index (χ4n) is 1.95. The second-order valence-corrected chi connectivity index (χ2v) is 5.11. The van der Waals surface area contributed by atoms with Crippen LogP contribution in [-0.4, -0.2) is 38.1 Å². The van der Waals surface area contributed by atoms with Crippen LogP contribution >= 0.6 is 24.0 Å². The molecule has 1 N–H and O–H groups in total. The van der Waals surface area contributed by atoms with Crippen molar-refractivity contribution in [2.45, 2.75) is 6.54 Å². The van der Waals surface area contributed by atoms with Crippen molar-refractivity contribution in [3.8, 4) is 5.75 Å². The number of aliphatic imine (C=N–C) groups is 1. The zero-order chi connectivity index (χ0) is 15.6. The van der Waals surface area contributed by atoms with Gasteiger partial charge in [0, 0.05) is 14.1 Å². The van der Waals surface area contributed by atoms with E-state index in [9.17, 15) is 0 Å². The predicted octanol–water partition coefficient (Wildman–Crippen LogP) is 3.39. The quantitative estimate of drug-likeness (QED) is 0.334. The van der Waals surface area contributed by atoms with E-state index in [-0.39, 0.29) is 24.0 Å². The van der Waals surface area contributed by atoms with Gasteiger partial charge in [0.15, 0.2) is 5.96 Å².